The Morgan fingerprint density at radius 2 is 0.971 bits per heavy atom. The number of nitriles is 1. The van der Waals surface area contributed by atoms with Crippen LogP contribution in [0, 0.1) is 34.3 Å². The molecule has 0 saturated heterocycles. The Morgan fingerprint density at radius 3 is 1.40 bits per heavy atom. The number of thiazole rings is 1. The van der Waals surface area contributed by atoms with Crippen LogP contribution in [0.25, 0.3) is 20.8 Å². The highest BCUT2D eigenvalue weighted by Crippen LogP contribution is 2.43. The number of rotatable bonds is 18. The van der Waals surface area contributed by atoms with Crippen LogP contribution in [0.2, 0.25) is 0 Å². The van der Waals surface area contributed by atoms with Crippen molar-refractivity contribution in [3.8, 4) is 50.5 Å². The molecule has 16 nitrogen and oxygen atoms in total. The van der Waals surface area contributed by atoms with Gasteiger partial charge in [0.05, 0.1) is 23.7 Å². The molecule has 18 heteroatoms. The minimum absolute atomic E-state index is 0.187. The maximum absolute atomic E-state index is 13.7. The summed E-state index contributed by atoms with van der Waals surface area (Å²) in [4.78, 5) is 81.4. The van der Waals surface area contributed by atoms with Crippen molar-refractivity contribution in [1.29, 1.82) is 5.26 Å². The van der Waals surface area contributed by atoms with Crippen LogP contribution in [0.15, 0.2) is 115 Å². The van der Waals surface area contributed by atoms with Gasteiger partial charge < -0.3 is 37.9 Å². The van der Waals surface area contributed by atoms with Gasteiger partial charge in [-0.1, -0.05) is 25.3 Å². The number of fused-ring (bicyclic) bond motifs is 1. The molecule has 1 heterocycles. The minimum atomic E-state index is -0.617. The predicted molar refractivity (Wildman–Crippen MR) is 246 cm³/mol. The molecule has 2 aliphatic carbocycles. The van der Waals surface area contributed by atoms with E-state index in [0.717, 1.165) is 34.4 Å². The van der Waals surface area contributed by atoms with E-state index in [0.29, 0.717) is 89.6 Å². The quantitative estimate of drug-likeness (QED) is 0.0200. The number of hydrogen-bond acceptors (Lipinski definition) is 18. The third-order valence-electron chi connectivity index (χ3n) is 11.2. The number of ether oxygens (including phenoxy) is 8. The third kappa shape index (κ3) is 12.9. The number of hydrogen-bond donors (Lipinski definition) is 0. The highest BCUT2D eigenvalue weighted by atomic mass is 32.2. The Balaban J connectivity index is 0.950. The van der Waals surface area contributed by atoms with Crippen LogP contribution >= 0.6 is 23.1 Å². The number of benzene rings is 4. The van der Waals surface area contributed by atoms with Gasteiger partial charge in [0.2, 0.25) is 13.6 Å². The molecule has 0 radical (unpaired) electrons. The summed E-state index contributed by atoms with van der Waals surface area (Å²) >= 11 is 2.29. The first kappa shape index (κ1) is 48.4. The fourth-order valence-corrected chi connectivity index (χ4v) is 8.93. The monoisotopic (exact) mass is 960 g/mol. The molecule has 5 aromatic rings. The summed E-state index contributed by atoms with van der Waals surface area (Å²) in [6, 6.07) is 23.0. The Bertz CT molecular complexity index is 2540. The average Bonchev–Trinajstić information content (AvgIpc) is 3.82. The van der Waals surface area contributed by atoms with Crippen molar-refractivity contribution in [3.63, 3.8) is 0 Å². The maximum atomic E-state index is 13.7. The molecular weight excluding hydrogens is 917 g/mol. The molecule has 0 aliphatic heterocycles. The topological polar surface area (TPSA) is 213 Å². The van der Waals surface area contributed by atoms with Gasteiger partial charge in [0, 0.05) is 22.6 Å². The van der Waals surface area contributed by atoms with Gasteiger partial charge in [0.15, 0.2) is 11.5 Å². The molecule has 2 fully saturated rings. The summed E-state index contributed by atoms with van der Waals surface area (Å²) in [5.74, 6) is -2.94. The smallest absolute Gasteiger partial charge is 0.333 e. The summed E-state index contributed by atoms with van der Waals surface area (Å²) in [5.41, 5.74) is 1.07. The number of thioether (sulfide) groups is 1. The average molecular weight is 961 g/mol. The van der Waals surface area contributed by atoms with Gasteiger partial charge >= 0.3 is 35.8 Å². The van der Waals surface area contributed by atoms with Crippen molar-refractivity contribution >= 4 is 69.1 Å². The van der Waals surface area contributed by atoms with E-state index in [9.17, 15) is 28.8 Å². The van der Waals surface area contributed by atoms with Gasteiger partial charge in [0.25, 0.3) is 0 Å². The van der Waals surface area contributed by atoms with E-state index >= 15 is 0 Å². The molecule has 0 amide bonds. The highest BCUT2D eigenvalue weighted by molar-refractivity contribution is 8.03. The number of carbonyl (C=O) groups excluding carboxylic acids is 6. The first-order chi connectivity index (χ1) is 33.0. The summed E-state index contributed by atoms with van der Waals surface area (Å²) < 4.78 is 44.0. The Hall–Kier alpha value is -7.49. The van der Waals surface area contributed by atoms with Gasteiger partial charge in [-0.3, -0.25) is 19.2 Å². The number of carbonyl (C=O) groups is 6. The first-order valence-corrected chi connectivity index (χ1v) is 23.1. The van der Waals surface area contributed by atoms with Crippen molar-refractivity contribution in [2.24, 2.45) is 23.7 Å². The first-order valence-electron chi connectivity index (χ1n) is 21.5. The van der Waals surface area contributed by atoms with Crippen molar-refractivity contribution in [1.82, 2.24) is 4.98 Å². The fraction of sp³-hybridized carbons (Fsp3) is 0.280. The van der Waals surface area contributed by atoms with Crippen molar-refractivity contribution in [2.75, 3.05) is 13.6 Å². The van der Waals surface area contributed by atoms with E-state index in [2.05, 4.69) is 18.6 Å². The lowest BCUT2D eigenvalue weighted by molar-refractivity contribution is -0.145. The van der Waals surface area contributed by atoms with E-state index in [1.165, 1.54) is 11.3 Å². The molecule has 2 saturated carbocycles. The second-order valence-electron chi connectivity index (χ2n) is 15.6. The van der Waals surface area contributed by atoms with Crippen LogP contribution < -0.4 is 28.4 Å². The largest absolute Gasteiger partial charge is 0.457 e. The summed E-state index contributed by atoms with van der Waals surface area (Å²) in [5, 5.41) is 11.7. The maximum Gasteiger partial charge on any atom is 0.333 e. The van der Waals surface area contributed by atoms with E-state index in [4.69, 9.17) is 48.1 Å². The lowest BCUT2D eigenvalue weighted by Gasteiger charge is -2.26. The van der Waals surface area contributed by atoms with Crippen LogP contribution in [-0.2, 0) is 38.2 Å². The standard InChI is InChI=1S/C50H44N2O14S2/c1-3-42(53)61-28-59-35-15-19-37(20-16-35)63-47(55)31-5-9-33(10-6-31)49(57)65-40-25-26-41(45-44(40)52-46(68-45)30-13-23-39(24-14-30)67-27-51)66-50(58)34-11-7-32(8-12-34)48(56)64-38-21-17-36(18-22-38)60-29-62-43(54)4-2/h3-4,13-26,31-34H,1-2,5-12,28-29H2. The SMILES string of the molecule is C=CC(=O)OCOc1ccc(OC(=O)C2CCC(C(=O)Oc3ccc(OC(=O)C4CCC(C(=O)Oc5ccc(OCOC(=O)C=C)cc5)CC4)c4sc(-c5ccc(SC#N)cc5)nc34)CC2)cc1. The second-order valence-corrected chi connectivity index (χ2v) is 17.4. The molecular formula is C50H44N2O14S2. The number of nitrogens with zero attached hydrogens (tertiary/aromatic N) is 2. The summed E-state index contributed by atoms with van der Waals surface area (Å²) in [6.07, 6.45) is 5.27. The van der Waals surface area contributed by atoms with Crippen LogP contribution in [0.1, 0.15) is 51.4 Å². The zero-order chi connectivity index (χ0) is 48.0. The molecule has 350 valence electrons. The molecule has 0 N–H and O–H groups in total. The van der Waals surface area contributed by atoms with Gasteiger partial charge in [-0.15, -0.1) is 11.3 Å². The van der Waals surface area contributed by atoms with Crippen LogP contribution in [0.5, 0.6) is 34.5 Å². The molecule has 4 aromatic carbocycles. The lowest BCUT2D eigenvalue weighted by Crippen LogP contribution is -2.30. The van der Waals surface area contributed by atoms with E-state index < -0.39 is 59.5 Å². The Morgan fingerprint density at radius 1 is 0.574 bits per heavy atom. The molecule has 68 heavy (non-hydrogen) atoms. The number of esters is 6. The highest BCUT2D eigenvalue weighted by Gasteiger charge is 2.35. The van der Waals surface area contributed by atoms with Gasteiger partial charge in [-0.25, -0.2) is 14.6 Å². The van der Waals surface area contributed by atoms with Gasteiger partial charge in [0.1, 0.15) is 43.6 Å². The van der Waals surface area contributed by atoms with E-state index in [-0.39, 0.29) is 25.1 Å². The number of aromatic nitrogens is 1. The van der Waals surface area contributed by atoms with E-state index in [1.54, 1.807) is 72.8 Å². The lowest BCUT2D eigenvalue weighted by atomic mass is 9.82. The third-order valence-corrected chi connectivity index (χ3v) is 12.9. The predicted octanol–water partition coefficient (Wildman–Crippen LogP) is 9.30. The van der Waals surface area contributed by atoms with E-state index in [1.807, 2.05) is 12.1 Å². The second kappa shape index (κ2) is 23.3. The minimum Gasteiger partial charge on any atom is -0.457 e. The molecule has 0 bridgehead atoms. The molecule has 0 atom stereocenters. The van der Waals surface area contributed by atoms with Crippen LogP contribution in [-0.4, -0.2) is 54.4 Å². The Labute approximate surface area is 398 Å². The van der Waals surface area contributed by atoms with Crippen molar-refractivity contribution in [2.45, 2.75) is 56.3 Å². The molecule has 2 aliphatic rings. The fourth-order valence-electron chi connectivity index (χ4n) is 7.51. The van der Waals surface area contributed by atoms with Crippen molar-refractivity contribution < 1.29 is 66.7 Å². The summed E-state index contributed by atoms with van der Waals surface area (Å²) in [6.45, 7) is 6.05. The summed E-state index contributed by atoms with van der Waals surface area (Å²) in [7, 11) is 0. The molecule has 0 unspecified atom stereocenters. The Kier molecular flexibility index (Phi) is 16.6. The normalized spacial score (nSPS) is 17.6. The number of thiocyanates is 1. The van der Waals surface area contributed by atoms with Crippen molar-refractivity contribution in [3.05, 3.63) is 110 Å². The zero-order valence-electron chi connectivity index (χ0n) is 36.5. The van der Waals surface area contributed by atoms with Gasteiger partial charge in [-0.2, -0.15) is 5.26 Å². The molecule has 1 aromatic heterocycles. The van der Waals surface area contributed by atoms with Crippen LogP contribution in [0.3, 0.4) is 0 Å². The zero-order valence-corrected chi connectivity index (χ0v) is 38.1. The molecule has 7 rings (SSSR count). The van der Waals surface area contributed by atoms with Gasteiger partial charge in [-0.05, 0) is 136 Å². The molecule has 0 spiro atoms. The van der Waals surface area contributed by atoms with Crippen LogP contribution in [0.4, 0.5) is 0 Å².